The van der Waals surface area contributed by atoms with E-state index in [-0.39, 0.29) is 6.42 Å². The number of aromatic nitrogens is 1. The molecular formula is C12H21N3O2S. The minimum absolute atomic E-state index is 0.0157. The maximum Gasteiger partial charge on any atom is 0.309 e. The summed E-state index contributed by atoms with van der Waals surface area (Å²) in [6.45, 7) is 5.24. The van der Waals surface area contributed by atoms with E-state index in [0.717, 1.165) is 11.7 Å². The van der Waals surface area contributed by atoms with Gasteiger partial charge in [-0.2, -0.15) is 0 Å². The lowest BCUT2D eigenvalue weighted by Crippen LogP contribution is -2.36. The highest BCUT2D eigenvalue weighted by Gasteiger charge is 2.16. The van der Waals surface area contributed by atoms with E-state index in [0.29, 0.717) is 17.7 Å². The van der Waals surface area contributed by atoms with Crippen LogP contribution in [-0.2, 0) is 11.2 Å². The summed E-state index contributed by atoms with van der Waals surface area (Å²) in [5, 5.41) is 14.7. The first-order valence-electron chi connectivity index (χ1n) is 5.96. The Kier molecular flexibility index (Phi) is 5.55. The molecule has 102 valence electrons. The van der Waals surface area contributed by atoms with Crippen LogP contribution in [-0.4, -0.2) is 47.6 Å². The van der Waals surface area contributed by atoms with Gasteiger partial charge in [0.15, 0.2) is 5.13 Å². The highest BCUT2D eigenvalue weighted by molar-refractivity contribution is 7.13. The van der Waals surface area contributed by atoms with Crippen molar-refractivity contribution in [2.24, 2.45) is 5.92 Å². The van der Waals surface area contributed by atoms with Gasteiger partial charge >= 0.3 is 5.97 Å². The van der Waals surface area contributed by atoms with Crippen molar-refractivity contribution in [3.63, 3.8) is 0 Å². The summed E-state index contributed by atoms with van der Waals surface area (Å²) in [7, 11) is 4.07. The van der Waals surface area contributed by atoms with Crippen molar-refractivity contribution in [2.45, 2.75) is 26.3 Å². The Morgan fingerprint density at radius 1 is 1.56 bits per heavy atom. The number of likely N-dealkylation sites (N-methyl/N-ethyl adjacent to an activating group) is 1. The Hall–Kier alpha value is -1.14. The third kappa shape index (κ3) is 5.01. The molecule has 0 radical (unpaired) electrons. The van der Waals surface area contributed by atoms with Crippen LogP contribution in [0.25, 0.3) is 0 Å². The zero-order valence-corrected chi connectivity index (χ0v) is 12.1. The fourth-order valence-corrected chi connectivity index (χ4v) is 2.36. The highest BCUT2D eigenvalue weighted by Crippen LogP contribution is 2.19. The molecule has 18 heavy (non-hydrogen) atoms. The van der Waals surface area contributed by atoms with Gasteiger partial charge in [-0.25, -0.2) is 4.98 Å². The molecule has 5 nitrogen and oxygen atoms in total. The molecule has 0 spiro atoms. The Balaban J connectivity index is 2.63. The number of thiazole rings is 1. The van der Waals surface area contributed by atoms with Gasteiger partial charge in [-0.15, -0.1) is 11.3 Å². The van der Waals surface area contributed by atoms with Crippen molar-refractivity contribution in [2.75, 3.05) is 26.0 Å². The number of carboxylic acids is 1. The van der Waals surface area contributed by atoms with Gasteiger partial charge < -0.3 is 15.3 Å². The summed E-state index contributed by atoms with van der Waals surface area (Å²) in [6.07, 6.45) is -0.0157. The van der Waals surface area contributed by atoms with Gasteiger partial charge in [0, 0.05) is 18.0 Å². The fraction of sp³-hybridized carbons (Fsp3) is 0.667. The van der Waals surface area contributed by atoms with E-state index in [1.54, 1.807) is 5.38 Å². The van der Waals surface area contributed by atoms with Gasteiger partial charge in [0.25, 0.3) is 0 Å². The van der Waals surface area contributed by atoms with Crippen LogP contribution in [0.4, 0.5) is 5.13 Å². The molecule has 0 saturated heterocycles. The molecule has 0 amide bonds. The Labute approximate surface area is 112 Å². The van der Waals surface area contributed by atoms with Crippen LogP contribution in [0.5, 0.6) is 0 Å². The maximum atomic E-state index is 10.6. The van der Waals surface area contributed by atoms with E-state index < -0.39 is 5.97 Å². The quantitative estimate of drug-likeness (QED) is 0.791. The van der Waals surface area contributed by atoms with E-state index >= 15 is 0 Å². The fourth-order valence-electron chi connectivity index (χ4n) is 1.58. The van der Waals surface area contributed by atoms with Gasteiger partial charge in [-0.1, -0.05) is 13.8 Å². The molecule has 0 fully saturated rings. The summed E-state index contributed by atoms with van der Waals surface area (Å²) < 4.78 is 0. The van der Waals surface area contributed by atoms with E-state index in [1.807, 2.05) is 14.1 Å². The van der Waals surface area contributed by atoms with E-state index in [9.17, 15) is 4.79 Å². The normalized spacial score (nSPS) is 13.0. The van der Waals surface area contributed by atoms with Crippen molar-refractivity contribution >= 4 is 22.4 Å². The van der Waals surface area contributed by atoms with E-state index in [4.69, 9.17) is 5.11 Å². The SMILES string of the molecule is CC(C)C(CN(C)C)Nc1nc(CC(=O)O)cs1. The number of hydrogen-bond acceptors (Lipinski definition) is 5. The minimum Gasteiger partial charge on any atom is -0.481 e. The highest BCUT2D eigenvalue weighted by atomic mass is 32.1. The van der Waals surface area contributed by atoms with E-state index in [2.05, 4.69) is 29.0 Å². The second-order valence-electron chi connectivity index (χ2n) is 4.97. The van der Waals surface area contributed by atoms with Crippen LogP contribution in [0.3, 0.4) is 0 Å². The maximum absolute atomic E-state index is 10.6. The Morgan fingerprint density at radius 2 is 2.22 bits per heavy atom. The zero-order valence-electron chi connectivity index (χ0n) is 11.3. The molecule has 0 aliphatic carbocycles. The van der Waals surface area contributed by atoms with Crippen molar-refractivity contribution in [3.8, 4) is 0 Å². The molecule has 1 unspecified atom stereocenters. The average molecular weight is 271 g/mol. The molecular weight excluding hydrogens is 250 g/mol. The second kappa shape index (κ2) is 6.70. The number of rotatable bonds is 7. The number of carboxylic acid groups (broad SMARTS) is 1. The van der Waals surface area contributed by atoms with E-state index in [1.165, 1.54) is 11.3 Å². The van der Waals surface area contributed by atoms with Crippen LogP contribution < -0.4 is 5.32 Å². The lowest BCUT2D eigenvalue weighted by Gasteiger charge is -2.25. The molecule has 0 saturated carbocycles. The summed E-state index contributed by atoms with van der Waals surface area (Å²) in [5.41, 5.74) is 0.613. The summed E-state index contributed by atoms with van der Waals surface area (Å²) in [6, 6.07) is 0.309. The molecule has 0 aliphatic rings. The van der Waals surface area contributed by atoms with Crippen molar-refractivity contribution in [3.05, 3.63) is 11.1 Å². The third-order valence-corrected chi connectivity index (χ3v) is 3.38. The second-order valence-corrected chi connectivity index (χ2v) is 5.83. The zero-order chi connectivity index (χ0) is 13.7. The number of nitrogens with one attached hydrogen (secondary N) is 1. The Bertz CT molecular complexity index is 390. The van der Waals surface area contributed by atoms with Crippen LogP contribution in [0, 0.1) is 5.92 Å². The molecule has 0 aliphatic heterocycles. The topological polar surface area (TPSA) is 65.5 Å². The average Bonchev–Trinajstić information content (AvgIpc) is 2.62. The summed E-state index contributed by atoms with van der Waals surface area (Å²) in [5.74, 6) is -0.361. The molecule has 6 heteroatoms. The third-order valence-electron chi connectivity index (χ3n) is 2.56. The molecule has 1 aromatic rings. The van der Waals surface area contributed by atoms with Gasteiger partial charge in [-0.05, 0) is 20.0 Å². The number of aliphatic carboxylic acids is 1. The number of anilines is 1. The molecule has 1 aromatic heterocycles. The van der Waals surface area contributed by atoms with Crippen LogP contribution in [0.2, 0.25) is 0 Å². The Morgan fingerprint density at radius 3 is 2.72 bits per heavy atom. The predicted octanol–water partition coefficient (Wildman–Crippen LogP) is 1.77. The first kappa shape index (κ1) is 14.9. The molecule has 0 bridgehead atoms. The van der Waals surface area contributed by atoms with Crippen molar-refractivity contribution in [1.29, 1.82) is 0 Å². The van der Waals surface area contributed by atoms with Crippen molar-refractivity contribution < 1.29 is 9.90 Å². The first-order chi connectivity index (χ1) is 8.38. The number of carbonyl (C=O) groups is 1. The monoisotopic (exact) mass is 271 g/mol. The molecule has 1 heterocycles. The number of nitrogens with zero attached hydrogens (tertiary/aromatic N) is 2. The predicted molar refractivity (Wildman–Crippen MR) is 74.3 cm³/mol. The van der Waals surface area contributed by atoms with Crippen molar-refractivity contribution in [1.82, 2.24) is 9.88 Å². The smallest absolute Gasteiger partial charge is 0.309 e. The van der Waals surface area contributed by atoms with Gasteiger partial charge in [-0.3, -0.25) is 4.79 Å². The number of hydrogen-bond donors (Lipinski definition) is 2. The van der Waals surface area contributed by atoms with Crippen LogP contribution in [0.15, 0.2) is 5.38 Å². The van der Waals surface area contributed by atoms with Crippen LogP contribution >= 0.6 is 11.3 Å². The lowest BCUT2D eigenvalue weighted by atomic mass is 10.0. The molecule has 1 atom stereocenters. The van der Waals surface area contributed by atoms with Crippen LogP contribution in [0.1, 0.15) is 19.5 Å². The van der Waals surface area contributed by atoms with Gasteiger partial charge in [0.05, 0.1) is 12.1 Å². The lowest BCUT2D eigenvalue weighted by molar-refractivity contribution is -0.136. The largest absolute Gasteiger partial charge is 0.481 e. The van der Waals surface area contributed by atoms with Gasteiger partial charge in [0.2, 0.25) is 0 Å². The molecule has 2 N–H and O–H groups in total. The summed E-state index contributed by atoms with van der Waals surface area (Å²) in [4.78, 5) is 17.0. The summed E-state index contributed by atoms with van der Waals surface area (Å²) >= 11 is 1.46. The first-order valence-corrected chi connectivity index (χ1v) is 6.84. The standard InChI is InChI=1S/C12H21N3O2S/c1-8(2)10(6-15(3)4)14-12-13-9(7-18-12)5-11(16)17/h7-8,10H,5-6H2,1-4H3,(H,13,14)(H,16,17). The minimum atomic E-state index is -0.847. The molecule has 0 aromatic carbocycles. The van der Waals surface area contributed by atoms with Gasteiger partial charge in [0.1, 0.15) is 0 Å². The molecule has 1 rings (SSSR count).